The van der Waals surface area contributed by atoms with Gasteiger partial charge in [-0.2, -0.15) is 0 Å². The second-order valence-corrected chi connectivity index (χ2v) is 5.03. The Morgan fingerprint density at radius 2 is 2.04 bits per heavy atom. The van der Waals surface area contributed by atoms with Crippen molar-refractivity contribution >= 4 is 12.0 Å². The highest BCUT2D eigenvalue weighted by molar-refractivity contribution is 5.81. The van der Waals surface area contributed by atoms with Crippen molar-refractivity contribution < 1.29 is 9.53 Å². The van der Waals surface area contributed by atoms with Crippen LogP contribution in [-0.4, -0.2) is 28.7 Å². The van der Waals surface area contributed by atoms with E-state index >= 15 is 0 Å². The van der Waals surface area contributed by atoms with E-state index in [9.17, 15) is 4.79 Å². The number of hydrogen-bond donors (Lipinski definition) is 1. The molecular formula is C19H21N3O2. The highest BCUT2D eigenvalue weighted by atomic mass is 16.5. The number of carbonyl (C=O) groups excluding carboxylic acids is 1. The molecule has 1 aromatic carbocycles. The minimum Gasteiger partial charge on any atom is -0.458 e. The van der Waals surface area contributed by atoms with Gasteiger partial charge in [-0.15, -0.1) is 0 Å². The number of benzene rings is 1. The summed E-state index contributed by atoms with van der Waals surface area (Å²) in [4.78, 5) is 15.2. The average molecular weight is 323 g/mol. The lowest BCUT2D eigenvalue weighted by atomic mass is 10.1. The third-order valence-corrected chi connectivity index (χ3v) is 3.15. The van der Waals surface area contributed by atoms with Crippen LogP contribution < -0.4 is 5.73 Å². The SMILES string of the molecule is NCC=CC(=O)OCC=CC=Cc1ccc(Cn2ccnc2)cc1. The molecule has 0 bridgehead atoms. The lowest BCUT2D eigenvalue weighted by molar-refractivity contribution is -0.136. The van der Waals surface area contributed by atoms with Crippen molar-refractivity contribution in [1.82, 2.24) is 9.55 Å². The quantitative estimate of drug-likeness (QED) is 0.460. The molecule has 0 saturated carbocycles. The average Bonchev–Trinajstić information content (AvgIpc) is 3.10. The Bertz CT molecular complexity index is 699. The number of aromatic nitrogens is 2. The zero-order valence-corrected chi connectivity index (χ0v) is 13.4. The Kier molecular flexibility index (Phi) is 7.24. The van der Waals surface area contributed by atoms with Crippen LogP contribution in [-0.2, 0) is 16.1 Å². The number of hydrogen-bond acceptors (Lipinski definition) is 4. The van der Waals surface area contributed by atoms with E-state index in [1.165, 1.54) is 11.6 Å². The topological polar surface area (TPSA) is 70.1 Å². The maximum atomic E-state index is 11.2. The molecule has 0 unspecified atom stereocenters. The molecule has 0 saturated heterocycles. The summed E-state index contributed by atoms with van der Waals surface area (Å²) in [5.41, 5.74) is 7.58. The fourth-order valence-corrected chi connectivity index (χ4v) is 1.97. The number of esters is 1. The van der Waals surface area contributed by atoms with Crippen LogP contribution in [0.2, 0.25) is 0 Å². The summed E-state index contributed by atoms with van der Waals surface area (Å²) in [5.74, 6) is -0.387. The molecule has 0 aliphatic rings. The van der Waals surface area contributed by atoms with E-state index in [1.807, 2.05) is 29.0 Å². The fourth-order valence-electron chi connectivity index (χ4n) is 1.97. The molecule has 1 aromatic heterocycles. The van der Waals surface area contributed by atoms with Crippen LogP contribution in [0.3, 0.4) is 0 Å². The van der Waals surface area contributed by atoms with Gasteiger partial charge in [0.15, 0.2) is 0 Å². The molecule has 5 heteroatoms. The van der Waals surface area contributed by atoms with Gasteiger partial charge in [-0.05, 0) is 17.2 Å². The van der Waals surface area contributed by atoms with E-state index in [2.05, 4.69) is 29.2 Å². The van der Waals surface area contributed by atoms with Crippen molar-refractivity contribution in [2.75, 3.05) is 13.2 Å². The van der Waals surface area contributed by atoms with Crippen molar-refractivity contribution in [3.63, 3.8) is 0 Å². The molecule has 2 N–H and O–H groups in total. The second kappa shape index (κ2) is 9.97. The molecule has 2 rings (SSSR count). The molecule has 0 radical (unpaired) electrons. The number of ether oxygens (including phenoxy) is 1. The molecular weight excluding hydrogens is 302 g/mol. The molecule has 0 amide bonds. The first-order valence-electron chi connectivity index (χ1n) is 7.69. The first kappa shape index (κ1) is 17.4. The molecule has 124 valence electrons. The van der Waals surface area contributed by atoms with Gasteiger partial charge in [0, 0.05) is 31.6 Å². The minimum atomic E-state index is -0.387. The van der Waals surface area contributed by atoms with Crippen molar-refractivity contribution in [2.24, 2.45) is 5.73 Å². The maximum absolute atomic E-state index is 11.2. The number of allylic oxidation sites excluding steroid dienone is 2. The molecule has 5 nitrogen and oxygen atoms in total. The van der Waals surface area contributed by atoms with E-state index in [4.69, 9.17) is 10.5 Å². The Hall–Kier alpha value is -2.92. The van der Waals surface area contributed by atoms with Crippen molar-refractivity contribution in [3.8, 4) is 0 Å². The van der Waals surface area contributed by atoms with Gasteiger partial charge in [0.2, 0.25) is 0 Å². The largest absolute Gasteiger partial charge is 0.458 e. The van der Waals surface area contributed by atoms with Crippen LogP contribution >= 0.6 is 0 Å². The van der Waals surface area contributed by atoms with E-state index < -0.39 is 0 Å². The number of nitrogens with two attached hydrogens (primary N) is 1. The highest BCUT2D eigenvalue weighted by Gasteiger charge is 1.94. The number of rotatable bonds is 8. The zero-order valence-electron chi connectivity index (χ0n) is 13.4. The van der Waals surface area contributed by atoms with Gasteiger partial charge in [0.1, 0.15) is 6.61 Å². The number of carbonyl (C=O) groups is 1. The molecule has 0 fully saturated rings. The molecule has 0 atom stereocenters. The first-order valence-corrected chi connectivity index (χ1v) is 7.69. The molecule has 0 aliphatic carbocycles. The van der Waals surface area contributed by atoms with Crippen molar-refractivity contribution in [3.05, 3.63) is 84.5 Å². The number of nitrogens with zero attached hydrogens (tertiary/aromatic N) is 2. The number of imidazole rings is 1. The third kappa shape index (κ3) is 6.46. The summed E-state index contributed by atoms with van der Waals surface area (Å²) < 4.78 is 6.98. The third-order valence-electron chi connectivity index (χ3n) is 3.15. The van der Waals surface area contributed by atoms with E-state index in [1.54, 1.807) is 24.7 Å². The predicted octanol–water partition coefficient (Wildman–Crippen LogP) is 2.56. The summed E-state index contributed by atoms with van der Waals surface area (Å²) in [7, 11) is 0. The van der Waals surface area contributed by atoms with Gasteiger partial charge >= 0.3 is 5.97 Å². The molecule has 2 aromatic rings. The Morgan fingerprint density at radius 3 is 2.75 bits per heavy atom. The minimum absolute atomic E-state index is 0.238. The van der Waals surface area contributed by atoms with Gasteiger partial charge in [0.05, 0.1) is 6.33 Å². The van der Waals surface area contributed by atoms with Crippen LogP contribution in [0.4, 0.5) is 0 Å². The van der Waals surface area contributed by atoms with Gasteiger partial charge in [0.25, 0.3) is 0 Å². The van der Waals surface area contributed by atoms with Crippen LogP contribution in [0.25, 0.3) is 6.08 Å². The molecule has 24 heavy (non-hydrogen) atoms. The lowest BCUT2D eigenvalue weighted by Crippen LogP contribution is -2.02. The standard InChI is InChI=1S/C19H21N3O2/c20-11-4-6-19(23)24-14-3-1-2-5-17-7-9-18(10-8-17)15-22-13-12-21-16-22/h1-10,12-13,16H,11,14-15,20H2. The summed E-state index contributed by atoms with van der Waals surface area (Å²) in [6, 6.07) is 8.31. The Balaban J connectivity index is 1.74. The Morgan fingerprint density at radius 1 is 1.21 bits per heavy atom. The summed E-state index contributed by atoms with van der Waals surface area (Å²) >= 11 is 0. The van der Waals surface area contributed by atoms with Crippen LogP contribution in [0.15, 0.2) is 73.4 Å². The normalized spacial score (nSPS) is 11.7. The van der Waals surface area contributed by atoms with E-state index in [0.717, 1.165) is 12.1 Å². The molecule has 1 heterocycles. The van der Waals surface area contributed by atoms with E-state index in [0.29, 0.717) is 6.54 Å². The summed E-state index contributed by atoms with van der Waals surface area (Å²) in [6.07, 6.45) is 15.9. The fraction of sp³-hybridized carbons (Fsp3) is 0.158. The smallest absolute Gasteiger partial charge is 0.330 e. The molecule has 0 spiro atoms. The maximum Gasteiger partial charge on any atom is 0.330 e. The van der Waals surface area contributed by atoms with Gasteiger partial charge < -0.3 is 15.0 Å². The highest BCUT2D eigenvalue weighted by Crippen LogP contribution is 2.08. The first-order chi connectivity index (χ1) is 11.8. The van der Waals surface area contributed by atoms with Crippen LogP contribution in [0.5, 0.6) is 0 Å². The summed E-state index contributed by atoms with van der Waals surface area (Å²) in [5, 5.41) is 0. The second-order valence-electron chi connectivity index (χ2n) is 5.03. The van der Waals surface area contributed by atoms with E-state index in [-0.39, 0.29) is 12.6 Å². The zero-order chi connectivity index (χ0) is 17.0. The summed E-state index contributed by atoms with van der Waals surface area (Å²) in [6.45, 7) is 1.38. The van der Waals surface area contributed by atoms with Crippen LogP contribution in [0, 0.1) is 0 Å². The predicted molar refractivity (Wildman–Crippen MR) is 95.1 cm³/mol. The van der Waals surface area contributed by atoms with Crippen LogP contribution in [0.1, 0.15) is 11.1 Å². The molecule has 0 aliphatic heterocycles. The van der Waals surface area contributed by atoms with Gasteiger partial charge in [-0.3, -0.25) is 0 Å². The lowest BCUT2D eigenvalue weighted by Gasteiger charge is -2.02. The Labute approximate surface area is 141 Å². The van der Waals surface area contributed by atoms with Gasteiger partial charge in [-0.25, -0.2) is 9.78 Å². The van der Waals surface area contributed by atoms with Crippen molar-refractivity contribution in [2.45, 2.75) is 6.54 Å². The van der Waals surface area contributed by atoms with Crippen molar-refractivity contribution in [1.29, 1.82) is 0 Å². The monoisotopic (exact) mass is 323 g/mol. The van der Waals surface area contributed by atoms with Gasteiger partial charge in [-0.1, -0.05) is 48.6 Å².